The van der Waals surface area contributed by atoms with Gasteiger partial charge >= 0.3 is 5.97 Å². The van der Waals surface area contributed by atoms with Gasteiger partial charge in [-0.1, -0.05) is 0 Å². The van der Waals surface area contributed by atoms with E-state index in [0.717, 1.165) is 4.88 Å². The van der Waals surface area contributed by atoms with Crippen LogP contribution in [0.25, 0.3) is 10.7 Å². The van der Waals surface area contributed by atoms with Crippen LogP contribution in [0.4, 0.5) is 0 Å². The maximum atomic E-state index is 11.7. The van der Waals surface area contributed by atoms with E-state index in [-0.39, 0.29) is 5.88 Å². The van der Waals surface area contributed by atoms with Gasteiger partial charge in [-0.25, -0.2) is 14.8 Å². The second-order valence-electron chi connectivity index (χ2n) is 3.27. The Balaban J connectivity index is 2.37. The molecule has 7 heteroatoms. The van der Waals surface area contributed by atoms with E-state index in [1.165, 1.54) is 17.5 Å². The number of thiazole rings is 1. The van der Waals surface area contributed by atoms with Crippen LogP contribution < -0.4 is 0 Å². The molecule has 0 unspecified atom stereocenters. The van der Waals surface area contributed by atoms with Crippen LogP contribution in [0.3, 0.4) is 0 Å². The SMILES string of the molecule is CCOC(=O)c1cnc(-c2cncs2)nc1CCl. The minimum atomic E-state index is -0.455. The van der Waals surface area contributed by atoms with E-state index in [4.69, 9.17) is 16.3 Å². The van der Waals surface area contributed by atoms with Crippen LogP contribution in [0.2, 0.25) is 0 Å². The minimum absolute atomic E-state index is 0.127. The van der Waals surface area contributed by atoms with E-state index in [1.54, 1.807) is 18.6 Å². The second kappa shape index (κ2) is 5.88. The number of nitrogens with zero attached hydrogens (tertiary/aromatic N) is 3. The topological polar surface area (TPSA) is 65.0 Å². The van der Waals surface area contributed by atoms with Crippen LogP contribution in [0, 0.1) is 0 Å². The third kappa shape index (κ3) is 2.65. The van der Waals surface area contributed by atoms with Crippen LogP contribution in [-0.2, 0) is 10.6 Å². The molecule has 0 amide bonds. The maximum absolute atomic E-state index is 11.7. The van der Waals surface area contributed by atoms with E-state index < -0.39 is 5.97 Å². The van der Waals surface area contributed by atoms with Gasteiger partial charge in [0.05, 0.1) is 28.6 Å². The monoisotopic (exact) mass is 283 g/mol. The zero-order valence-electron chi connectivity index (χ0n) is 9.59. The molecule has 0 saturated carbocycles. The number of aromatic nitrogens is 3. The molecule has 2 rings (SSSR count). The molecule has 0 aliphatic heterocycles. The van der Waals surface area contributed by atoms with E-state index >= 15 is 0 Å². The quantitative estimate of drug-likeness (QED) is 0.637. The molecule has 0 radical (unpaired) electrons. The summed E-state index contributed by atoms with van der Waals surface area (Å²) < 4.78 is 4.91. The fourth-order valence-corrected chi connectivity index (χ4v) is 2.11. The summed E-state index contributed by atoms with van der Waals surface area (Å²) in [6.45, 7) is 2.04. The van der Waals surface area contributed by atoms with Gasteiger partial charge < -0.3 is 4.74 Å². The van der Waals surface area contributed by atoms with Crippen molar-refractivity contribution in [2.75, 3.05) is 6.61 Å². The Morgan fingerprint density at radius 3 is 2.94 bits per heavy atom. The zero-order valence-corrected chi connectivity index (χ0v) is 11.2. The van der Waals surface area contributed by atoms with Crippen molar-refractivity contribution < 1.29 is 9.53 Å². The van der Waals surface area contributed by atoms with E-state index in [9.17, 15) is 4.79 Å². The number of ether oxygens (including phenoxy) is 1. The standard InChI is InChI=1S/C11H10ClN3O2S/c1-2-17-11(16)7-4-14-10(15-8(7)3-12)9-5-13-6-18-9/h4-6H,2-3H2,1H3. The summed E-state index contributed by atoms with van der Waals surface area (Å²) in [5.41, 5.74) is 2.46. The van der Waals surface area contributed by atoms with Crippen molar-refractivity contribution in [1.82, 2.24) is 15.0 Å². The third-order valence-corrected chi connectivity index (χ3v) is 3.16. The van der Waals surface area contributed by atoms with Crippen molar-refractivity contribution in [2.45, 2.75) is 12.8 Å². The van der Waals surface area contributed by atoms with E-state index in [0.29, 0.717) is 23.7 Å². The summed E-state index contributed by atoms with van der Waals surface area (Å²) in [4.78, 5) is 24.8. The molecule has 5 nitrogen and oxygen atoms in total. The Kier molecular flexibility index (Phi) is 4.22. The fraction of sp³-hybridized carbons (Fsp3) is 0.273. The van der Waals surface area contributed by atoms with Gasteiger partial charge in [0.25, 0.3) is 0 Å². The summed E-state index contributed by atoms with van der Waals surface area (Å²) in [5.74, 6) is 0.188. The molecule has 0 bridgehead atoms. The van der Waals surface area contributed by atoms with Gasteiger partial charge in [-0.2, -0.15) is 0 Å². The second-order valence-corrected chi connectivity index (χ2v) is 4.43. The number of esters is 1. The molecule has 0 saturated heterocycles. The highest BCUT2D eigenvalue weighted by molar-refractivity contribution is 7.13. The van der Waals surface area contributed by atoms with Crippen LogP contribution in [0.15, 0.2) is 17.9 Å². The van der Waals surface area contributed by atoms with Gasteiger partial charge in [0.15, 0.2) is 5.82 Å². The van der Waals surface area contributed by atoms with Crippen LogP contribution in [0.5, 0.6) is 0 Å². The first-order valence-electron chi connectivity index (χ1n) is 5.24. The van der Waals surface area contributed by atoms with Gasteiger partial charge in [0.1, 0.15) is 5.56 Å². The Morgan fingerprint density at radius 1 is 1.50 bits per heavy atom. The first-order chi connectivity index (χ1) is 8.76. The van der Waals surface area contributed by atoms with Crippen LogP contribution >= 0.6 is 22.9 Å². The summed E-state index contributed by atoms with van der Waals surface area (Å²) in [7, 11) is 0. The largest absolute Gasteiger partial charge is 0.462 e. The predicted molar refractivity (Wildman–Crippen MR) is 68.7 cm³/mol. The summed E-state index contributed by atoms with van der Waals surface area (Å²) in [5, 5.41) is 0. The molecular formula is C11H10ClN3O2S. The number of alkyl halides is 1. The predicted octanol–water partition coefficient (Wildman–Crippen LogP) is 2.52. The van der Waals surface area contributed by atoms with E-state index in [2.05, 4.69) is 15.0 Å². The van der Waals surface area contributed by atoms with Gasteiger partial charge in [-0.05, 0) is 6.92 Å². The molecule has 0 fully saturated rings. The van der Waals surface area contributed by atoms with Gasteiger partial charge in [0.2, 0.25) is 0 Å². The molecule has 0 N–H and O–H groups in total. The Morgan fingerprint density at radius 2 is 2.33 bits per heavy atom. The van der Waals surface area contributed by atoms with Crippen molar-refractivity contribution in [3.63, 3.8) is 0 Å². The molecule has 94 valence electrons. The number of hydrogen-bond acceptors (Lipinski definition) is 6. The Labute approximate surface area is 113 Å². The normalized spacial score (nSPS) is 10.3. The molecule has 0 aromatic carbocycles. The van der Waals surface area contributed by atoms with Gasteiger partial charge in [-0.3, -0.25) is 4.98 Å². The van der Waals surface area contributed by atoms with Gasteiger partial charge in [-0.15, -0.1) is 22.9 Å². The molecule has 18 heavy (non-hydrogen) atoms. The number of carbonyl (C=O) groups excluding carboxylic acids is 1. The van der Waals surface area contributed by atoms with Crippen molar-refractivity contribution in [3.05, 3.63) is 29.2 Å². The maximum Gasteiger partial charge on any atom is 0.341 e. The first-order valence-corrected chi connectivity index (χ1v) is 6.65. The van der Waals surface area contributed by atoms with Gasteiger partial charge in [0, 0.05) is 12.4 Å². The van der Waals surface area contributed by atoms with E-state index in [1.807, 2.05) is 0 Å². The molecule has 2 heterocycles. The number of halogens is 1. The number of hydrogen-bond donors (Lipinski definition) is 0. The molecular weight excluding hydrogens is 274 g/mol. The highest BCUT2D eigenvalue weighted by Gasteiger charge is 2.16. The summed E-state index contributed by atoms with van der Waals surface area (Å²) >= 11 is 7.22. The lowest BCUT2D eigenvalue weighted by molar-refractivity contribution is 0.0524. The number of rotatable bonds is 4. The molecule has 0 atom stereocenters. The zero-order chi connectivity index (χ0) is 13.0. The lowest BCUT2D eigenvalue weighted by atomic mass is 10.2. The van der Waals surface area contributed by atoms with Crippen LogP contribution in [-0.4, -0.2) is 27.5 Å². The molecule has 0 spiro atoms. The molecule has 0 aliphatic carbocycles. The fourth-order valence-electron chi connectivity index (χ4n) is 1.34. The highest BCUT2D eigenvalue weighted by Crippen LogP contribution is 2.21. The molecule has 0 aliphatic rings. The average molecular weight is 284 g/mol. The Bertz CT molecular complexity index is 545. The third-order valence-electron chi connectivity index (χ3n) is 2.14. The summed E-state index contributed by atoms with van der Waals surface area (Å²) in [6.07, 6.45) is 3.11. The molecule has 2 aromatic rings. The van der Waals surface area contributed by atoms with Crippen molar-refractivity contribution in [3.8, 4) is 10.7 Å². The van der Waals surface area contributed by atoms with Crippen molar-refractivity contribution in [1.29, 1.82) is 0 Å². The minimum Gasteiger partial charge on any atom is -0.462 e. The lowest BCUT2D eigenvalue weighted by Crippen LogP contribution is -2.10. The Hall–Kier alpha value is -1.53. The number of carbonyl (C=O) groups is 1. The highest BCUT2D eigenvalue weighted by atomic mass is 35.5. The van der Waals surface area contributed by atoms with Crippen molar-refractivity contribution in [2.24, 2.45) is 0 Å². The smallest absolute Gasteiger partial charge is 0.341 e. The van der Waals surface area contributed by atoms with Crippen LogP contribution in [0.1, 0.15) is 23.0 Å². The summed E-state index contributed by atoms with van der Waals surface area (Å²) in [6, 6.07) is 0. The van der Waals surface area contributed by atoms with Crippen molar-refractivity contribution >= 4 is 28.9 Å². The molecule has 2 aromatic heterocycles. The first kappa shape index (κ1) is 12.9. The average Bonchev–Trinajstić information content (AvgIpc) is 2.92. The lowest BCUT2D eigenvalue weighted by Gasteiger charge is -2.06.